The minimum Gasteiger partial charge on any atom is -0.381 e. The zero-order valence-electron chi connectivity index (χ0n) is 13.6. The summed E-state index contributed by atoms with van der Waals surface area (Å²) in [6.07, 6.45) is 7.66. The van der Waals surface area contributed by atoms with Crippen LogP contribution in [0.2, 0.25) is 0 Å². The van der Waals surface area contributed by atoms with Crippen molar-refractivity contribution < 1.29 is 4.74 Å². The van der Waals surface area contributed by atoms with E-state index in [0.717, 1.165) is 32.0 Å². The highest BCUT2D eigenvalue weighted by atomic mass is 16.5. The van der Waals surface area contributed by atoms with Crippen LogP contribution in [0.3, 0.4) is 0 Å². The van der Waals surface area contributed by atoms with Crippen molar-refractivity contribution in [3.63, 3.8) is 0 Å². The molecule has 0 amide bonds. The van der Waals surface area contributed by atoms with Crippen molar-refractivity contribution in [2.45, 2.75) is 87.0 Å². The van der Waals surface area contributed by atoms with Gasteiger partial charge in [-0.3, -0.25) is 0 Å². The van der Waals surface area contributed by atoms with Crippen LogP contribution in [0.25, 0.3) is 0 Å². The van der Waals surface area contributed by atoms with Gasteiger partial charge in [-0.05, 0) is 18.8 Å². The molecule has 0 spiro atoms. The second-order valence-electron chi connectivity index (χ2n) is 4.77. The summed E-state index contributed by atoms with van der Waals surface area (Å²) in [7, 11) is 0. The van der Waals surface area contributed by atoms with Gasteiger partial charge in [0, 0.05) is 13.2 Å². The number of hydrogen-bond acceptors (Lipinski definition) is 1. The van der Waals surface area contributed by atoms with Gasteiger partial charge in [-0.25, -0.2) is 0 Å². The molecule has 0 heterocycles. The topological polar surface area (TPSA) is 9.23 Å². The quantitative estimate of drug-likeness (QED) is 0.495. The summed E-state index contributed by atoms with van der Waals surface area (Å²) in [6.45, 7) is 17.2. The van der Waals surface area contributed by atoms with E-state index in [-0.39, 0.29) is 0 Å². The maximum absolute atomic E-state index is 5.13. The average molecular weight is 246 g/mol. The Morgan fingerprint density at radius 1 is 0.706 bits per heavy atom. The van der Waals surface area contributed by atoms with Crippen LogP contribution in [-0.4, -0.2) is 13.2 Å². The van der Waals surface area contributed by atoms with Crippen molar-refractivity contribution in [3.05, 3.63) is 0 Å². The fourth-order valence-electron chi connectivity index (χ4n) is 0.744. The summed E-state index contributed by atoms with van der Waals surface area (Å²) in [5.41, 5.74) is 0. The lowest BCUT2D eigenvalue weighted by Crippen LogP contribution is -1.92. The molecular weight excluding hydrogens is 208 g/mol. The number of rotatable bonds is 7. The highest BCUT2D eigenvalue weighted by Gasteiger charge is 1.80. The Labute approximate surface area is 111 Å². The van der Waals surface area contributed by atoms with Gasteiger partial charge in [-0.2, -0.15) is 0 Å². The van der Waals surface area contributed by atoms with E-state index in [1.54, 1.807) is 0 Å². The molecule has 17 heavy (non-hydrogen) atoms. The fourth-order valence-corrected chi connectivity index (χ4v) is 0.744. The standard InChI is InChI=1S/C6H14O.2C5H12/c1-3-5-7-6-4-2;1-4-5(2)3;1-3-5-4-2/h3-6H2,1-2H3;5H,4H2,1-3H3;3-5H2,1-2H3. The SMILES string of the molecule is CCC(C)C.CCCCC.CCCOCCC. The van der Waals surface area contributed by atoms with Gasteiger partial charge in [0.2, 0.25) is 0 Å². The first-order valence-corrected chi connectivity index (χ1v) is 7.68. The lowest BCUT2D eigenvalue weighted by atomic mass is 10.2. The minimum atomic E-state index is 0.884. The predicted octanol–water partition coefficient (Wildman–Crippen LogP) is 6.07. The summed E-state index contributed by atoms with van der Waals surface area (Å²) in [5.74, 6) is 0.884. The molecule has 0 aromatic rings. The molecule has 0 aliphatic heterocycles. The smallest absolute Gasteiger partial charge is 0.0463 e. The normalized spacial score (nSPS) is 9.18. The van der Waals surface area contributed by atoms with Crippen LogP contribution in [0.15, 0.2) is 0 Å². The molecule has 0 aromatic carbocycles. The van der Waals surface area contributed by atoms with E-state index >= 15 is 0 Å². The van der Waals surface area contributed by atoms with Gasteiger partial charge in [0.05, 0.1) is 0 Å². The van der Waals surface area contributed by atoms with Gasteiger partial charge >= 0.3 is 0 Å². The Morgan fingerprint density at radius 2 is 1.06 bits per heavy atom. The van der Waals surface area contributed by atoms with E-state index in [4.69, 9.17) is 4.74 Å². The fraction of sp³-hybridized carbons (Fsp3) is 1.00. The molecule has 0 aromatic heterocycles. The molecule has 0 radical (unpaired) electrons. The van der Waals surface area contributed by atoms with Crippen molar-refractivity contribution in [2.75, 3.05) is 13.2 Å². The summed E-state index contributed by atoms with van der Waals surface area (Å²) in [4.78, 5) is 0. The van der Waals surface area contributed by atoms with E-state index in [9.17, 15) is 0 Å². The first-order chi connectivity index (χ1) is 8.10. The summed E-state index contributed by atoms with van der Waals surface area (Å²) in [6, 6.07) is 0. The Bertz CT molecular complexity index is 83.5. The third-order valence-corrected chi connectivity index (χ3v) is 2.22. The van der Waals surface area contributed by atoms with E-state index in [1.807, 2.05) is 0 Å². The zero-order chi connectivity index (χ0) is 13.9. The number of hydrogen-bond donors (Lipinski definition) is 0. The van der Waals surface area contributed by atoms with Crippen LogP contribution in [-0.2, 0) is 4.74 Å². The van der Waals surface area contributed by atoms with Crippen molar-refractivity contribution in [3.8, 4) is 0 Å². The molecule has 1 nitrogen and oxygen atoms in total. The highest BCUT2D eigenvalue weighted by molar-refractivity contribution is 4.32. The maximum atomic E-state index is 5.13. The van der Waals surface area contributed by atoms with E-state index in [1.165, 1.54) is 25.7 Å². The molecule has 0 saturated carbocycles. The molecule has 0 bridgehead atoms. The van der Waals surface area contributed by atoms with E-state index in [2.05, 4.69) is 48.5 Å². The van der Waals surface area contributed by atoms with E-state index < -0.39 is 0 Å². The van der Waals surface area contributed by atoms with Crippen molar-refractivity contribution in [1.29, 1.82) is 0 Å². The van der Waals surface area contributed by atoms with Crippen molar-refractivity contribution in [2.24, 2.45) is 5.92 Å². The van der Waals surface area contributed by atoms with Crippen LogP contribution in [0.1, 0.15) is 87.0 Å². The molecule has 0 aliphatic carbocycles. The lowest BCUT2D eigenvalue weighted by Gasteiger charge is -1.95. The molecule has 0 aliphatic rings. The maximum Gasteiger partial charge on any atom is 0.0463 e. The lowest BCUT2D eigenvalue weighted by molar-refractivity contribution is 0.135. The van der Waals surface area contributed by atoms with Crippen LogP contribution in [0.4, 0.5) is 0 Å². The average Bonchev–Trinajstić information content (AvgIpc) is 2.32. The third-order valence-electron chi connectivity index (χ3n) is 2.22. The van der Waals surface area contributed by atoms with Gasteiger partial charge in [-0.1, -0.05) is 74.1 Å². The molecule has 108 valence electrons. The Kier molecular flexibility index (Phi) is 32.6. The van der Waals surface area contributed by atoms with Gasteiger partial charge in [0.1, 0.15) is 0 Å². The predicted molar refractivity (Wildman–Crippen MR) is 81.7 cm³/mol. The molecule has 0 atom stereocenters. The first kappa shape index (κ1) is 22.2. The zero-order valence-corrected chi connectivity index (χ0v) is 13.6. The van der Waals surface area contributed by atoms with Gasteiger partial charge in [0.15, 0.2) is 0 Å². The Balaban J connectivity index is -0.000000177. The summed E-state index contributed by atoms with van der Waals surface area (Å²) in [5, 5.41) is 0. The molecule has 0 unspecified atom stereocenters. The van der Waals surface area contributed by atoms with Gasteiger partial charge in [-0.15, -0.1) is 0 Å². The summed E-state index contributed by atoms with van der Waals surface area (Å²) < 4.78 is 5.13. The largest absolute Gasteiger partial charge is 0.381 e. The van der Waals surface area contributed by atoms with Crippen molar-refractivity contribution in [1.82, 2.24) is 0 Å². The van der Waals surface area contributed by atoms with Crippen LogP contribution < -0.4 is 0 Å². The molecule has 0 rings (SSSR count). The van der Waals surface area contributed by atoms with Gasteiger partial charge in [0.25, 0.3) is 0 Å². The minimum absolute atomic E-state index is 0.884. The summed E-state index contributed by atoms with van der Waals surface area (Å²) >= 11 is 0. The number of ether oxygens (including phenoxy) is 1. The van der Waals surface area contributed by atoms with Crippen LogP contribution in [0, 0.1) is 5.92 Å². The van der Waals surface area contributed by atoms with Crippen LogP contribution in [0.5, 0.6) is 0 Å². The van der Waals surface area contributed by atoms with E-state index in [0.29, 0.717) is 0 Å². The van der Waals surface area contributed by atoms with Crippen LogP contribution >= 0.6 is 0 Å². The second-order valence-corrected chi connectivity index (χ2v) is 4.77. The molecular formula is C16H38O. The highest BCUT2D eigenvalue weighted by Crippen LogP contribution is 1.93. The molecule has 0 fully saturated rings. The van der Waals surface area contributed by atoms with Gasteiger partial charge < -0.3 is 4.74 Å². The Hall–Kier alpha value is -0.0400. The molecule has 1 heteroatoms. The monoisotopic (exact) mass is 246 g/mol. The Morgan fingerprint density at radius 3 is 1.18 bits per heavy atom. The first-order valence-electron chi connectivity index (χ1n) is 7.68. The molecule has 0 N–H and O–H groups in total. The van der Waals surface area contributed by atoms with Crippen molar-refractivity contribution >= 4 is 0 Å². The molecule has 0 saturated heterocycles. The second kappa shape index (κ2) is 25.0. The third kappa shape index (κ3) is 49.1. The number of unbranched alkanes of at least 4 members (excludes halogenated alkanes) is 2.